The van der Waals surface area contributed by atoms with Gasteiger partial charge in [-0.1, -0.05) is 12.8 Å². The van der Waals surface area contributed by atoms with E-state index in [0.717, 1.165) is 25.8 Å². The summed E-state index contributed by atoms with van der Waals surface area (Å²) >= 11 is 0. The van der Waals surface area contributed by atoms with Crippen molar-refractivity contribution >= 4 is 6.09 Å². The minimum Gasteiger partial charge on any atom is -0.453 e. The second kappa shape index (κ2) is 5.86. The molecule has 1 rings (SSSR count). The topological polar surface area (TPSA) is 38.8 Å². The summed E-state index contributed by atoms with van der Waals surface area (Å²) in [7, 11) is 3.05. The highest BCUT2D eigenvalue weighted by molar-refractivity contribution is 5.67. The molecule has 0 aromatic heterocycles. The van der Waals surface area contributed by atoms with E-state index >= 15 is 0 Å². The molecule has 1 unspecified atom stereocenters. The standard InChI is InChI=1S/C10H19NO3/c1-13-9-7-5-3-4-6-8-11(9)10(12)14-2/h9H,3-8H2,1-2H3. The molecule has 1 aliphatic rings. The Bertz CT molecular complexity index is 184. The first-order valence-electron chi connectivity index (χ1n) is 5.17. The fourth-order valence-electron chi connectivity index (χ4n) is 1.83. The summed E-state index contributed by atoms with van der Waals surface area (Å²) in [4.78, 5) is 13.1. The summed E-state index contributed by atoms with van der Waals surface area (Å²) in [5.74, 6) is 0. The van der Waals surface area contributed by atoms with E-state index in [0.29, 0.717) is 0 Å². The zero-order chi connectivity index (χ0) is 10.4. The van der Waals surface area contributed by atoms with Crippen LogP contribution in [0.25, 0.3) is 0 Å². The predicted molar refractivity (Wildman–Crippen MR) is 53.0 cm³/mol. The van der Waals surface area contributed by atoms with Crippen LogP contribution in [0, 0.1) is 0 Å². The zero-order valence-electron chi connectivity index (χ0n) is 8.99. The lowest BCUT2D eigenvalue weighted by Crippen LogP contribution is -2.42. The van der Waals surface area contributed by atoms with Gasteiger partial charge < -0.3 is 9.47 Å². The molecule has 0 saturated carbocycles. The minimum atomic E-state index is -0.279. The maximum atomic E-state index is 11.4. The Morgan fingerprint density at radius 1 is 1.21 bits per heavy atom. The number of hydrogen-bond donors (Lipinski definition) is 0. The largest absolute Gasteiger partial charge is 0.453 e. The van der Waals surface area contributed by atoms with Gasteiger partial charge in [-0.2, -0.15) is 0 Å². The van der Waals surface area contributed by atoms with Crippen molar-refractivity contribution in [1.82, 2.24) is 4.90 Å². The molecule has 1 atom stereocenters. The van der Waals surface area contributed by atoms with Gasteiger partial charge in [0.2, 0.25) is 0 Å². The third-order valence-electron chi connectivity index (χ3n) is 2.63. The van der Waals surface area contributed by atoms with Gasteiger partial charge in [-0.3, -0.25) is 4.90 Å². The molecule has 1 saturated heterocycles. The first kappa shape index (κ1) is 11.3. The van der Waals surface area contributed by atoms with Crippen LogP contribution in [0.1, 0.15) is 32.1 Å². The SMILES string of the molecule is COC(=O)N1CCCCCCC1OC. The fourth-order valence-corrected chi connectivity index (χ4v) is 1.83. The Morgan fingerprint density at radius 2 is 1.93 bits per heavy atom. The molecular weight excluding hydrogens is 182 g/mol. The minimum absolute atomic E-state index is 0.109. The molecule has 14 heavy (non-hydrogen) atoms. The summed E-state index contributed by atoms with van der Waals surface area (Å²) in [5.41, 5.74) is 0. The highest BCUT2D eigenvalue weighted by Crippen LogP contribution is 2.17. The van der Waals surface area contributed by atoms with Crippen LogP contribution in [-0.2, 0) is 9.47 Å². The number of ether oxygens (including phenoxy) is 2. The van der Waals surface area contributed by atoms with Crippen LogP contribution in [0.15, 0.2) is 0 Å². The lowest BCUT2D eigenvalue weighted by atomic mass is 10.1. The van der Waals surface area contributed by atoms with E-state index in [9.17, 15) is 4.79 Å². The molecule has 4 heteroatoms. The van der Waals surface area contributed by atoms with Gasteiger partial charge in [0.05, 0.1) is 7.11 Å². The summed E-state index contributed by atoms with van der Waals surface area (Å²) in [6.07, 6.45) is 5.09. The molecule has 0 spiro atoms. The predicted octanol–water partition coefficient (Wildman–Crippen LogP) is 1.99. The fraction of sp³-hybridized carbons (Fsp3) is 0.900. The quantitative estimate of drug-likeness (QED) is 0.651. The van der Waals surface area contributed by atoms with Crippen molar-refractivity contribution in [3.05, 3.63) is 0 Å². The molecule has 1 aliphatic heterocycles. The van der Waals surface area contributed by atoms with Crippen LogP contribution >= 0.6 is 0 Å². The van der Waals surface area contributed by atoms with Crippen molar-refractivity contribution in [2.75, 3.05) is 20.8 Å². The van der Waals surface area contributed by atoms with Crippen molar-refractivity contribution in [2.24, 2.45) is 0 Å². The van der Waals surface area contributed by atoms with Gasteiger partial charge in [-0.25, -0.2) is 4.79 Å². The molecule has 0 aromatic rings. The van der Waals surface area contributed by atoms with Crippen LogP contribution < -0.4 is 0 Å². The zero-order valence-corrected chi connectivity index (χ0v) is 8.99. The summed E-state index contributed by atoms with van der Waals surface area (Å²) in [5, 5.41) is 0. The Kier molecular flexibility index (Phi) is 4.73. The number of rotatable bonds is 1. The Labute approximate surface area is 85.2 Å². The maximum absolute atomic E-state index is 11.4. The van der Waals surface area contributed by atoms with Gasteiger partial charge >= 0.3 is 6.09 Å². The van der Waals surface area contributed by atoms with Gasteiger partial charge in [0, 0.05) is 13.7 Å². The number of methoxy groups -OCH3 is 2. The molecule has 0 radical (unpaired) electrons. The van der Waals surface area contributed by atoms with Crippen molar-refractivity contribution in [3.8, 4) is 0 Å². The highest BCUT2D eigenvalue weighted by Gasteiger charge is 2.24. The lowest BCUT2D eigenvalue weighted by Gasteiger charge is -2.31. The third-order valence-corrected chi connectivity index (χ3v) is 2.63. The van der Waals surface area contributed by atoms with Crippen LogP contribution in [0.4, 0.5) is 4.79 Å². The van der Waals surface area contributed by atoms with E-state index in [1.54, 1.807) is 12.0 Å². The van der Waals surface area contributed by atoms with E-state index in [4.69, 9.17) is 9.47 Å². The average Bonchev–Trinajstić information content (AvgIpc) is 2.17. The van der Waals surface area contributed by atoms with Crippen molar-refractivity contribution in [2.45, 2.75) is 38.3 Å². The Hall–Kier alpha value is -0.770. The number of hydrogen-bond acceptors (Lipinski definition) is 3. The second-order valence-electron chi connectivity index (χ2n) is 3.56. The average molecular weight is 201 g/mol. The van der Waals surface area contributed by atoms with Crippen LogP contribution in [-0.4, -0.2) is 38.0 Å². The smallest absolute Gasteiger partial charge is 0.411 e. The molecule has 1 heterocycles. The number of nitrogens with zero attached hydrogens (tertiary/aromatic N) is 1. The van der Waals surface area contributed by atoms with E-state index < -0.39 is 0 Å². The molecular formula is C10H19NO3. The summed E-state index contributed by atoms with van der Waals surface area (Å²) in [6.45, 7) is 0.741. The first-order chi connectivity index (χ1) is 6.79. The van der Waals surface area contributed by atoms with Gasteiger partial charge in [0.15, 0.2) is 0 Å². The van der Waals surface area contributed by atoms with E-state index in [2.05, 4.69) is 0 Å². The van der Waals surface area contributed by atoms with Gasteiger partial charge in [-0.15, -0.1) is 0 Å². The first-order valence-corrected chi connectivity index (χ1v) is 5.17. The van der Waals surface area contributed by atoms with Crippen LogP contribution in [0.5, 0.6) is 0 Å². The number of amides is 1. The van der Waals surface area contributed by atoms with Crippen LogP contribution in [0.2, 0.25) is 0 Å². The lowest BCUT2D eigenvalue weighted by molar-refractivity contribution is -0.0352. The molecule has 4 nitrogen and oxygen atoms in total. The molecule has 1 fully saturated rings. The summed E-state index contributed by atoms with van der Waals surface area (Å²) < 4.78 is 10.0. The van der Waals surface area contributed by atoms with E-state index in [-0.39, 0.29) is 12.3 Å². The molecule has 0 aromatic carbocycles. The van der Waals surface area contributed by atoms with Crippen molar-refractivity contribution in [3.63, 3.8) is 0 Å². The Morgan fingerprint density at radius 3 is 2.57 bits per heavy atom. The monoisotopic (exact) mass is 201 g/mol. The van der Waals surface area contributed by atoms with E-state index in [1.165, 1.54) is 20.0 Å². The maximum Gasteiger partial charge on any atom is 0.411 e. The molecule has 0 aliphatic carbocycles. The van der Waals surface area contributed by atoms with Gasteiger partial charge in [0.1, 0.15) is 6.23 Å². The molecule has 0 N–H and O–H groups in total. The number of likely N-dealkylation sites (tertiary alicyclic amines) is 1. The van der Waals surface area contributed by atoms with Gasteiger partial charge in [-0.05, 0) is 19.3 Å². The number of carbonyl (C=O) groups is 1. The number of carbonyl (C=O) groups excluding carboxylic acids is 1. The van der Waals surface area contributed by atoms with Gasteiger partial charge in [0.25, 0.3) is 0 Å². The van der Waals surface area contributed by atoms with Crippen molar-refractivity contribution in [1.29, 1.82) is 0 Å². The third kappa shape index (κ3) is 2.87. The van der Waals surface area contributed by atoms with E-state index in [1.807, 2.05) is 0 Å². The second-order valence-corrected chi connectivity index (χ2v) is 3.56. The molecule has 0 bridgehead atoms. The Balaban J connectivity index is 2.58. The molecule has 1 amide bonds. The van der Waals surface area contributed by atoms with Crippen LogP contribution in [0.3, 0.4) is 0 Å². The normalized spacial score (nSPS) is 23.9. The highest BCUT2D eigenvalue weighted by atomic mass is 16.6. The van der Waals surface area contributed by atoms with Crippen molar-refractivity contribution < 1.29 is 14.3 Å². The summed E-state index contributed by atoms with van der Waals surface area (Å²) in [6, 6.07) is 0. The molecule has 82 valence electrons.